The Hall–Kier alpha value is -1.60. The van der Waals surface area contributed by atoms with Crippen molar-refractivity contribution in [1.82, 2.24) is 4.31 Å². The second-order valence-corrected chi connectivity index (χ2v) is 7.37. The van der Waals surface area contributed by atoms with Gasteiger partial charge in [-0.3, -0.25) is 4.79 Å². The van der Waals surface area contributed by atoms with Crippen LogP contribution in [0, 0.1) is 5.92 Å². The van der Waals surface area contributed by atoms with Crippen LogP contribution in [-0.2, 0) is 14.8 Å². The Labute approximate surface area is 124 Å². The zero-order valence-electron chi connectivity index (χ0n) is 12.2. The number of phenolic OH excluding ortho intramolecular Hbond substituents is 1. The number of nitrogens with one attached hydrogen (secondary N) is 1. The lowest BCUT2D eigenvalue weighted by Crippen LogP contribution is -2.28. The van der Waals surface area contributed by atoms with E-state index in [4.69, 9.17) is 0 Å². The molecule has 1 saturated heterocycles. The van der Waals surface area contributed by atoms with E-state index in [2.05, 4.69) is 5.32 Å². The Kier molecular flexibility index (Phi) is 4.53. The Balaban J connectivity index is 2.32. The highest BCUT2D eigenvalue weighted by molar-refractivity contribution is 7.89. The molecule has 1 aromatic rings. The molecule has 0 unspecified atom stereocenters. The first-order valence-corrected chi connectivity index (χ1v) is 8.40. The minimum atomic E-state index is -3.56. The predicted molar refractivity (Wildman–Crippen MR) is 79.6 cm³/mol. The fourth-order valence-corrected chi connectivity index (χ4v) is 3.67. The average molecular weight is 312 g/mol. The highest BCUT2D eigenvalue weighted by Gasteiger charge is 2.27. The van der Waals surface area contributed by atoms with E-state index >= 15 is 0 Å². The molecule has 0 atom stereocenters. The maximum absolute atomic E-state index is 12.4. The number of amides is 1. The molecule has 0 aromatic heterocycles. The highest BCUT2D eigenvalue weighted by atomic mass is 32.2. The topological polar surface area (TPSA) is 86.7 Å². The first-order valence-electron chi connectivity index (χ1n) is 6.96. The summed E-state index contributed by atoms with van der Waals surface area (Å²) in [5.74, 6) is -0.686. The number of aromatic hydroxyl groups is 1. The molecule has 1 fully saturated rings. The molecule has 1 aliphatic heterocycles. The molecule has 6 nitrogen and oxygen atoms in total. The van der Waals surface area contributed by atoms with Crippen molar-refractivity contribution in [2.24, 2.45) is 5.92 Å². The number of benzene rings is 1. The van der Waals surface area contributed by atoms with E-state index in [-0.39, 0.29) is 28.2 Å². The normalized spacial score (nSPS) is 16.3. The minimum Gasteiger partial charge on any atom is -0.506 e. The standard InChI is InChI=1S/C14H20N2O4S/c1-10(2)14(18)15-12-9-11(5-6-13(12)17)21(19,20)16-7-3-4-8-16/h5-6,9-10,17H,3-4,7-8H2,1-2H3,(H,15,18). The van der Waals surface area contributed by atoms with Crippen molar-refractivity contribution in [3.63, 3.8) is 0 Å². The van der Waals surface area contributed by atoms with Crippen LogP contribution in [-0.4, -0.2) is 36.8 Å². The van der Waals surface area contributed by atoms with Gasteiger partial charge in [-0.1, -0.05) is 13.8 Å². The van der Waals surface area contributed by atoms with Gasteiger partial charge < -0.3 is 10.4 Å². The van der Waals surface area contributed by atoms with Crippen molar-refractivity contribution in [1.29, 1.82) is 0 Å². The second-order valence-electron chi connectivity index (χ2n) is 5.43. The lowest BCUT2D eigenvalue weighted by Gasteiger charge is -2.17. The third-order valence-corrected chi connectivity index (χ3v) is 5.35. The van der Waals surface area contributed by atoms with Gasteiger partial charge in [-0.05, 0) is 31.0 Å². The lowest BCUT2D eigenvalue weighted by molar-refractivity contribution is -0.118. The van der Waals surface area contributed by atoms with Crippen LogP contribution < -0.4 is 5.32 Å². The molecular formula is C14H20N2O4S. The molecule has 1 heterocycles. The van der Waals surface area contributed by atoms with Gasteiger partial charge in [0.25, 0.3) is 0 Å². The van der Waals surface area contributed by atoms with Crippen molar-refractivity contribution in [2.75, 3.05) is 18.4 Å². The van der Waals surface area contributed by atoms with Crippen molar-refractivity contribution in [2.45, 2.75) is 31.6 Å². The number of rotatable bonds is 4. The maximum atomic E-state index is 12.4. The molecule has 116 valence electrons. The van der Waals surface area contributed by atoms with Crippen LogP contribution in [0.1, 0.15) is 26.7 Å². The minimum absolute atomic E-state index is 0.0845. The van der Waals surface area contributed by atoms with E-state index in [0.29, 0.717) is 13.1 Å². The number of sulfonamides is 1. The number of anilines is 1. The number of phenols is 1. The van der Waals surface area contributed by atoms with Gasteiger partial charge >= 0.3 is 0 Å². The maximum Gasteiger partial charge on any atom is 0.243 e. The van der Waals surface area contributed by atoms with Crippen LogP contribution in [0.15, 0.2) is 23.1 Å². The molecule has 2 N–H and O–H groups in total. The summed E-state index contributed by atoms with van der Waals surface area (Å²) in [6.07, 6.45) is 1.71. The summed E-state index contributed by atoms with van der Waals surface area (Å²) in [4.78, 5) is 11.8. The summed E-state index contributed by atoms with van der Waals surface area (Å²) in [6, 6.07) is 3.95. The fourth-order valence-electron chi connectivity index (χ4n) is 2.13. The van der Waals surface area contributed by atoms with Crippen molar-refractivity contribution >= 4 is 21.6 Å². The van der Waals surface area contributed by atoms with Crippen LogP contribution in [0.2, 0.25) is 0 Å². The predicted octanol–water partition coefficient (Wildman–Crippen LogP) is 1.77. The summed E-state index contributed by atoms with van der Waals surface area (Å²) in [5.41, 5.74) is 0.119. The highest BCUT2D eigenvalue weighted by Crippen LogP contribution is 2.29. The molecule has 0 bridgehead atoms. The molecule has 21 heavy (non-hydrogen) atoms. The van der Waals surface area contributed by atoms with Gasteiger partial charge in [0.2, 0.25) is 15.9 Å². The molecule has 0 spiro atoms. The van der Waals surface area contributed by atoms with Crippen LogP contribution in [0.3, 0.4) is 0 Å². The molecule has 1 aliphatic rings. The second kappa shape index (κ2) is 6.03. The summed E-state index contributed by atoms with van der Waals surface area (Å²) in [6.45, 7) is 4.46. The zero-order chi connectivity index (χ0) is 15.6. The Morgan fingerprint density at radius 2 is 1.90 bits per heavy atom. The lowest BCUT2D eigenvalue weighted by atomic mass is 10.2. The number of hydrogen-bond acceptors (Lipinski definition) is 4. The molecule has 2 rings (SSSR count). The van der Waals surface area contributed by atoms with E-state index in [1.807, 2.05) is 0 Å². The van der Waals surface area contributed by atoms with Gasteiger partial charge in [-0.2, -0.15) is 4.31 Å². The van der Waals surface area contributed by atoms with Gasteiger partial charge in [0.15, 0.2) is 0 Å². The summed E-state index contributed by atoms with van der Waals surface area (Å²) in [5, 5.41) is 12.3. The van der Waals surface area contributed by atoms with Crippen LogP contribution in [0.4, 0.5) is 5.69 Å². The molecule has 1 amide bonds. The van der Waals surface area contributed by atoms with Gasteiger partial charge in [0.1, 0.15) is 5.75 Å². The van der Waals surface area contributed by atoms with Crippen LogP contribution >= 0.6 is 0 Å². The van der Waals surface area contributed by atoms with Crippen molar-refractivity contribution in [3.05, 3.63) is 18.2 Å². The average Bonchev–Trinajstić information content (AvgIpc) is 2.95. The Morgan fingerprint density at radius 3 is 2.48 bits per heavy atom. The number of carbonyl (C=O) groups excluding carboxylic acids is 1. The van der Waals surface area contributed by atoms with E-state index < -0.39 is 10.0 Å². The van der Waals surface area contributed by atoms with E-state index in [1.165, 1.54) is 22.5 Å². The molecule has 0 radical (unpaired) electrons. The van der Waals surface area contributed by atoms with Crippen LogP contribution in [0.5, 0.6) is 5.75 Å². The number of carbonyl (C=O) groups is 1. The van der Waals surface area contributed by atoms with Crippen LogP contribution in [0.25, 0.3) is 0 Å². The van der Waals surface area contributed by atoms with E-state index in [9.17, 15) is 18.3 Å². The Bertz CT molecular complexity index is 634. The van der Waals surface area contributed by atoms with Crippen molar-refractivity contribution < 1.29 is 18.3 Å². The van der Waals surface area contributed by atoms with E-state index in [1.54, 1.807) is 13.8 Å². The summed E-state index contributed by atoms with van der Waals surface area (Å²) in [7, 11) is -3.56. The number of hydrogen-bond donors (Lipinski definition) is 2. The van der Waals surface area contributed by atoms with E-state index in [0.717, 1.165) is 12.8 Å². The SMILES string of the molecule is CC(C)C(=O)Nc1cc(S(=O)(=O)N2CCCC2)ccc1O. The van der Waals surface area contributed by atoms with Gasteiger partial charge in [0, 0.05) is 19.0 Å². The zero-order valence-corrected chi connectivity index (χ0v) is 13.0. The summed E-state index contributed by atoms with van der Waals surface area (Å²) >= 11 is 0. The monoisotopic (exact) mass is 312 g/mol. The van der Waals surface area contributed by atoms with Gasteiger partial charge in [-0.15, -0.1) is 0 Å². The van der Waals surface area contributed by atoms with Crippen molar-refractivity contribution in [3.8, 4) is 5.75 Å². The molecular weight excluding hydrogens is 292 g/mol. The first kappa shape index (κ1) is 15.8. The molecule has 0 aliphatic carbocycles. The third-order valence-electron chi connectivity index (χ3n) is 3.45. The molecule has 1 aromatic carbocycles. The Morgan fingerprint density at radius 1 is 1.29 bits per heavy atom. The molecule has 7 heteroatoms. The first-order chi connectivity index (χ1) is 9.82. The van der Waals surface area contributed by atoms with Gasteiger partial charge in [-0.25, -0.2) is 8.42 Å². The third kappa shape index (κ3) is 3.36. The fraction of sp³-hybridized carbons (Fsp3) is 0.500. The summed E-state index contributed by atoms with van der Waals surface area (Å²) < 4.78 is 26.3. The largest absolute Gasteiger partial charge is 0.506 e. The number of nitrogens with zero attached hydrogens (tertiary/aromatic N) is 1. The quantitative estimate of drug-likeness (QED) is 0.830. The van der Waals surface area contributed by atoms with Gasteiger partial charge in [0.05, 0.1) is 10.6 Å². The molecule has 0 saturated carbocycles. The smallest absolute Gasteiger partial charge is 0.243 e.